The Hall–Kier alpha value is -0.0800. The van der Waals surface area contributed by atoms with E-state index in [-0.39, 0.29) is 0 Å². The second kappa shape index (κ2) is 6.58. The number of piperidine rings is 1. The van der Waals surface area contributed by atoms with Crippen LogP contribution in [0.3, 0.4) is 0 Å². The molecule has 3 rings (SSSR count). The number of fused-ring (bicyclic) bond motifs is 2. The molecule has 0 radical (unpaired) electrons. The van der Waals surface area contributed by atoms with Crippen LogP contribution in [0.2, 0.25) is 0 Å². The summed E-state index contributed by atoms with van der Waals surface area (Å²) in [7, 11) is 0. The molecule has 3 saturated heterocycles. The second-order valence-corrected chi connectivity index (χ2v) is 7.16. The molecule has 2 nitrogen and oxygen atoms in total. The second-order valence-electron chi connectivity index (χ2n) is 7.16. The van der Waals surface area contributed by atoms with Crippen molar-refractivity contribution in [1.29, 1.82) is 0 Å². The third kappa shape index (κ3) is 3.16. The van der Waals surface area contributed by atoms with Crippen molar-refractivity contribution in [3.63, 3.8) is 0 Å². The smallest absolute Gasteiger partial charge is 0.0245 e. The molecular formula is C17H34N2. The molecule has 0 aromatic heterocycles. The Labute approximate surface area is 120 Å². The van der Waals surface area contributed by atoms with Gasteiger partial charge in [0.25, 0.3) is 0 Å². The molecule has 2 heteroatoms. The zero-order chi connectivity index (χ0) is 14.0. The summed E-state index contributed by atoms with van der Waals surface area (Å²) in [4.78, 5) is 5.59. The van der Waals surface area contributed by atoms with Gasteiger partial charge in [-0.2, -0.15) is 0 Å². The van der Waals surface area contributed by atoms with Crippen LogP contribution in [0.15, 0.2) is 0 Å². The maximum Gasteiger partial charge on any atom is 0.0245 e. The summed E-state index contributed by atoms with van der Waals surface area (Å²) in [6.07, 6.45) is 6.93. The monoisotopic (exact) mass is 266 g/mol. The summed E-state index contributed by atoms with van der Waals surface area (Å²) in [5.41, 5.74) is 0. The predicted molar refractivity (Wildman–Crippen MR) is 83.5 cm³/mol. The summed E-state index contributed by atoms with van der Waals surface area (Å²) >= 11 is 0. The van der Waals surface area contributed by atoms with Crippen molar-refractivity contribution in [3.05, 3.63) is 0 Å². The molecule has 112 valence electrons. The van der Waals surface area contributed by atoms with Gasteiger partial charge >= 0.3 is 0 Å². The van der Waals surface area contributed by atoms with Gasteiger partial charge in [0.1, 0.15) is 0 Å². The first kappa shape index (κ1) is 15.3. The van der Waals surface area contributed by atoms with Crippen molar-refractivity contribution in [2.45, 2.75) is 90.9 Å². The number of rotatable bonds is 7. The van der Waals surface area contributed by atoms with Crippen LogP contribution in [0.1, 0.15) is 66.7 Å². The van der Waals surface area contributed by atoms with E-state index in [4.69, 9.17) is 0 Å². The lowest BCUT2D eigenvalue weighted by atomic mass is 9.80. The molecule has 3 aliphatic heterocycles. The summed E-state index contributed by atoms with van der Waals surface area (Å²) in [6.45, 7) is 14.5. The standard InChI is InChI=1S/C17H34N2/c1-6-8-14(5)17(9-7-2)19-15-10-16(19)12-18(11-15)13(3)4/h13-17H,6-12H2,1-5H3. The number of nitrogens with zero attached hydrogens (tertiary/aromatic N) is 2. The van der Waals surface area contributed by atoms with Crippen LogP contribution in [-0.4, -0.2) is 47.1 Å². The van der Waals surface area contributed by atoms with Gasteiger partial charge < -0.3 is 0 Å². The van der Waals surface area contributed by atoms with Gasteiger partial charge in [0.05, 0.1) is 0 Å². The molecule has 19 heavy (non-hydrogen) atoms. The first-order chi connectivity index (χ1) is 9.08. The molecule has 0 N–H and O–H groups in total. The molecule has 0 amide bonds. The molecule has 4 atom stereocenters. The zero-order valence-corrected chi connectivity index (χ0v) is 13.7. The van der Waals surface area contributed by atoms with Crippen molar-refractivity contribution in [1.82, 2.24) is 9.80 Å². The maximum atomic E-state index is 2.91. The topological polar surface area (TPSA) is 6.48 Å². The Morgan fingerprint density at radius 3 is 2.00 bits per heavy atom. The summed E-state index contributed by atoms with van der Waals surface area (Å²) in [5, 5.41) is 0. The fraction of sp³-hybridized carbons (Fsp3) is 1.00. The van der Waals surface area contributed by atoms with Gasteiger partial charge in [0, 0.05) is 37.3 Å². The Morgan fingerprint density at radius 1 is 0.947 bits per heavy atom. The number of hydrogen-bond acceptors (Lipinski definition) is 2. The van der Waals surface area contributed by atoms with E-state index < -0.39 is 0 Å². The minimum atomic E-state index is 0.727. The molecule has 4 unspecified atom stereocenters. The van der Waals surface area contributed by atoms with Gasteiger partial charge in [0.2, 0.25) is 0 Å². The van der Waals surface area contributed by atoms with Gasteiger partial charge in [-0.1, -0.05) is 33.6 Å². The van der Waals surface area contributed by atoms with E-state index in [9.17, 15) is 0 Å². The fourth-order valence-electron chi connectivity index (χ4n) is 4.31. The average molecular weight is 266 g/mol. The highest BCUT2D eigenvalue weighted by Crippen LogP contribution is 2.38. The maximum absolute atomic E-state index is 2.91. The lowest BCUT2D eigenvalue weighted by Gasteiger charge is -2.61. The highest BCUT2D eigenvalue weighted by Gasteiger charge is 2.48. The number of piperazine rings is 1. The quantitative estimate of drug-likeness (QED) is 0.692. The molecule has 3 aliphatic rings. The van der Waals surface area contributed by atoms with Crippen molar-refractivity contribution in [2.24, 2.45) is 5.92 Å². The van der Waals surface area contributed by atoms with Crippen molar-refractivity contribution < 1.29 is 0 Å². The Bertz CT molecular complexity index is 264. The summed E-state index contributed by atoms with van der Waals surface area (Å²) < 4.78 is 0. The van der Waals surface area contributed by atoms with Gasteiger partial charge in [-0.05, 0) is 39.0 Å². The van der Waals surface area contributed by atoms with Gasteiger partial charge in [0.15, 0.2) is 0 Å². The molecule has 0 spiro atoms. The van der Waals surface area contributed by atoms with Crippen LogP contribution >= 0.6 is 0 Å². The van der Waals surface area contributed by atoms with Crippen LogP contribution in [0.5, 0.6) is 0 Å². The van der Waals surface area contributed by atoms with Crippen molar-refractivity contribution in [3.8, 4) is 0 Å². The van der Waals surface area contributed by atoms with Crippen LogP contribution in [0.4, 0.5) is 0 Å². The third-order valence-electron chi connectivity index (χ3n) is 5.38. The first-order valence-corrected chi connectivity index (χ1v) is 8.59. The summed E-state index contributed by atoms with van der Waals surface area (Å²) in [5.74, 6) is 0.876. The SMILES string of the molecule is CCCC(C)C(CCC)N1C2CC1CN(C(C)C)C2. The third-order valence-corrected chi connectivity index (χ3v) is 5.38. The Balaban J connectivity index is 1.97. The average Bonchev–Trinajstić information content (AvgIpc) is 2.38. The van der Waals surface area contributed by atoms with E-state index in [0.29, 0.717) is 0 Å². The van der Waals surface area contributed by atoms with Crippen LogP contribution in [0, 0.1) is 5.92 Å². The zero-order valence-electron chi connectivity index (χ0n) is 13.7. The van der Waals surface area contributed by atoms with E-state index in [1.54, 1.807) is 0 Å². The molecule has 3 fully saturated rings. The minimum Gasteiger partial charge on any atom is -0.298 e. The van der Waals surface area contributed by atoms with E-state index in [0.717, 1.165) is 30.1 Å². The molecular weight excluding hydrogens is 232 g/mol. The minimum absolute atomic E-state index is 0.727. The molecule has 0 aromatic rings. The Kier molecular flexibility index (Phi) is 5.30. The lowest BCUT2D eigenvalue weighted by molar-refractivity contribution is -0.116. The van der Waals surface area contributed by atoms with Gasteiger partial charge in [-0.15, -0.1) is 0 Å². The highest BCUT2D eigenvalue weighted by atomic mass is 15.4. The normalized spacial score (nSPS) is 31.3. The fourth-order valence-corrected chi connectivity index (χ4v) is 4.31. The van der Waals surface area contributed by atoms with Crippen LogP contribution < -0.4 is 0 Å². The summed E-state index contributed by atoms with van der Waals surface area (Å²) in [6, 6.07) is 3.29. The van der Waals surface area contributed by atoms with Gasteiger partial charge in [-0.25, -0.2) is 0 Å². The Morgan fingerprint density at radius 2 is 1.53 bits per heavy atom. The van der Waals surface area contributed by atoms with E-state index in [1.807, 2.05) is 0 Å². The highest BCUT2D eigenvalue weighted by molar-refractivity contribution is 5.04. The molecule has 0 aliphatic carbocycles. The molecule has 0 aromatic carbocycles. The van der Waals surface area contributed by atoms with Crippen molar-refractivity contribution in [2.75, 3.05) is 13.1 Å². The van der Waals surface area contributed by atoms with Crippen LogP contribution in [0.25, 0.3) is 0 Å². The van der Waals surface area contributed by atoms with E-state index in [2.05, 4.69) is 44.4 Å². The molecule has 3 heterocycles. The molecule has 0 saturated carbocycles. The first-order valence-electron chi connectivity index (χ1n) is 8.59. The molecule has 2 bridgehead atoms. The van der Waals surface area contributed by atoms with E-state index in [1.165, 1.54) is 45.2 Å². The van der Waals surface area contributed by atoms with Crippen molar-refractivity contribution >= 4 is 0 Å². The largest absolute Gasteiger partial charge is 0.298 e. The predicted octanol–water partition coefficient (Wildman–Crippen LogP) is 3.76. The van der Waals surface area contributed by atoms with Crippen LogP contribution in [-0.2, 0) is 0 Å². The lowest BCUT2D eigenvalue weighted by Crippen LogP contribution is -2.72. The van der Waals surface area contributed by atoms with E-state index >= 15 is 0 Å². The van der Waals surface area contributed by atoms with Gasteiger partial charge in [-0.3, -0.25) is 9.80 Å². The number of hydrogen-bond donors (Lipinski definition) is 0.